The summed E-state index contributed by atoms with van der Waals surface area (Å²) in [7, 11) is 0.798. The molecule has 5 nitrogen and oxygen atoms in total. The summed E-state index contributed by atoms with van der Waals surface area (Å²) >= 11 is 23.1. The minimum atomic E-state index is -4.95. The lowest BCUT2D eigenvalue weighted by Gasteiger charge is -2.16. The smallest absolute Gasteiger partial charge is 0.325 e. The van der Waals surface area contributed by atoms with E-state index in [0.29, 0.717) is 11.9 Å². The molecule has 0 saturated carbocycles. The molecule has 1 aromatic carbocycles. The molecule has 2 rings (SSSR count). The van der Waals surface area contributed by atoms with Crippen LogP contribution in [0.4, 0.5) is 23.2 Å². The molecule has 0 aliphatic heterocycles. The molecule has 0 radical (unpaired) electrons. The van der Waals surface area contributed by atoms with E-state index >= 15 is 0 Å². The molecule has 27 heavy (non-hydrogen) atoms. The molecular weight excluding hydrogens is 480 g/mol. The van der Waals surface area contributed by atoms with E-state index in [2.05, 4.69) is 4.72 Å². The van der Waals surface area contributed by atoms with Gasteiger partial charge >= 0.3 is 11.9 Å². The second kappa shape index (κ2) is 7.75. The molecule has 148 valence electrons. The summed E-state index contributed by atoms with van der Waals surface area (Å²) < 4.78 is 54.1. The zero-order chi connectivity index (χ0) is 20.7. The van der Waals surface area contributed by atoms with Crippen LogP contribution in [0.3, 0.4) is 0 Å². The summed E-state index contributed by atoms with van der Waals surface area (Å²) in [5.41, 5.74) is -4.94. The standard InChI is InChI=1S/C13H7Cl4F4N3O2S/c1-23-9(12(19,20)21)4-10(25)24(11(23)26)8-3-7(5(14)2-6(8)18)22-27-13(15,16)17/h2-4,22H,1H3. The number of nitrogens with one attached hydrogen (secondary N) is 1. The summed E-state index contributed by atoms with van der Waals surface area (Å²) in [6, 6.07) is 1.86. The van der Waals surface area contributed by atoms with Crippen LogP contribution < -0.4 is 16.0 Å². The lowest BCUT2D eigenvalue weighted by Crippen LogP contribution is -2.41. The van der Waals surface area contributed by atoms with Crippen LogP contribution in [0.25, 0.3) is 5.69 Å². The molecule has 1 N–H and O–H groups in total. The molecule has 0 bridgehead atoms. The number of hydrogen-bond donors (Lipinski definition) is 1. The van der Waals surface area contributed by atoms with Crippen molar-refractivity contribution in [3.05, 3.63) is 55.6 Å². The van der Waals surface area contributed by atoms with E-state index in [4.69, 9.17) is 46.4 Å². The molecule has 14 heteroatoms. The van der Waals surface area contributed by atoms with Gasteiger partial charge in [-0.05, 0) is 12.1 Å². The number of benzene rings is 1. The van der Waals surface area contributed by atoms with Crippen molar-refractivity contribution in [3.63, 3.8) is 0 Å². The normalized spacial score (nSPS) is 12.3. The van der Waals surface area contributed by atoms with Crippen molar-refractivity contribution in [1.82, 2.24) is 9.13 Å². The fourth-order valence-corrected chi connectivity index (χ4v) is 3.01. The van der Waals surface area contributed by atoms with Gasteiger partial charge < -0.3 is 4.72 Å². The first-order valence-electron chi connectivity index (χ1n) is 6.63. The highest BCUT2D eigenvalue weighted by atomic mass is 35.6. The Morgan fingerprint density at radius 1 is 1.11 bits per heavy atom. The zero-order valence-electron chi connectivity index (χ0n) is 12.9. The monoisotopic (exact) mass is 485 g/mol. The third-order valence-electron chi connectivity index (χ3n) is 3.16. The van der Waals surface area contributed by atoms with Crippen molar-refractivity contribution in [1.29, 1.82) is 0 Å². The summed E-state index contributed by atoms with van der Waals surface area (Å²) in [5.74, 6) is -1.12. The van der Waals surface area contributed by atoms with Crippen molar-refractivity contribution in [3.8, 4) is 5.69 Å². The lowest BCUT2D eigenvalue weighted by molar-refractivity contribution is -0.144. The van der Waals surface area contributed by atoms with Gasteiger partial charge in [-0.1, -0.05) is 46.4 Å². The quantitative estimate of drug-likeness (QED) is 0.387. The maximum absolute atomic E-state index is 14.3. The molecule has 0 saturated heterocycles. The van der Waals surface area contributed by atoms with E-state index in [0.717, 1.165) is 19.2 Å². The number of nitrogens with zero attached hydrogens (tertiary/aromatic N) is 2. The van der Waals surface area contributed by atoms with Crippen molar-refractivity contribution in [2.24, 2.45) is 7.05 Å². The van der Waals surface area contributed by atoms with Crippen LogP contribution in [0.1, 0.15) is 5.69 Å². The van der Waals surface area contributed by atoms with Gasteiger partial charge in [-0.2, -0.15) is 13.2 Å². The molecular formula is C13H7Cl4F4N3O2S. The first-order valence-corrected chi connectivity index (χ1v) is 8.95. The summed E-state index contributed by atoms with van der Waals surface area (Å²) in [6.07, 6.45) is -4.95. The Balaban J connectivity index is 2.67. The van der Waals surface area contributed by atoms with Gasteiger partial charge in [-0.3, -0.25) is 9.36 Å². The molecule has 0 aliphatic carbocycles. The van der Waals surface area contributed by atoms with Crippen molar-refractivity contribution >= 4 is 64.0 Å². The Morgan fingerprint density at radius 3 is 2.22 bits per heavy atom. The molecule has 1 heterocycles. The van der Waals surface area contributed by atoms with Gasteiger partial charge in [0.15, 0.2) is 0 Å². The zero-order valence-corrected chi connectivity index (χ0v) is 16.7. The van der Waals surface area contributed by atoms with E-state index in [1.807, 2.05) is 0 Å². The number of halogens is 8. The Bertz CT molecular complexity index is 1000. The second-order valence-corrected chi connectivity index (χ2v) is 9.36. The van der Waals surface area contributed by atoms with E-state index in [1.165, 1.54) is 0 Å². The molecule has 0 aliphatic rings. The lowest BCUT2D eigenvalue weighted by atomic mass is 10.2. The average Bonchev–Trinajstić information content (AvgIpc) is 2.49. The maximum Gasteiger partial charge on any atom is 0.431 e. The summed E-state index contributed by atoms with van der Waals surface area (Å²) in [5, 5.41) is -0.185. The Morgan fingerprint density at radius 2 is 1.70 bits per heavy atom. The van der Waals surface area contributed by atoms with Crippen LogP contribution in [0.2, 0.25) is 5.02 Å². The number of rotatable bonds is 3. The molecule has 1 aromatic heterocycles. The Hall–Kier alpha value is -1.07. The predicted octanol–water partition coefficient (Wildman–Crippen LogP) is 4.74. The maximum atomic E-state index is 14.3. The SMILES string of the molecule is Cn1c(C(F)(F)F)cc(=O)n(-c2cc(NSC(Cl)(Cl)Cl)c(Cl)cc2F)c1=O. The van der Waals surface area contributed by atoms with Gasteiger partial charge in [-0.15, -0.1) is 0 Å². The summed E-state index contributed by atoms with van der Waals surface area (Å²) in [4.78, 5) is 24.3. The van der Waals surface area contributed by atoms with E-state index < -0.39 is 37.7 Å². The fraction of sp³-hybridized carbons (Fsp3) is 0.231. The van der Waals surface area contributed by atoms with Crippen LogP contribution in [-0.4, -0.2) is 12.3 Å². The average molecular weight is 487 g/mol. The van der Waals surface area contributed by atoms with Gasteiger partial charge in [0.2, 0.25) is 0 Å². The van der Waals surface area contributed by atoms with Crippen molar-refractivity contribution < 1.29 is 17.6 Å². The Labute approximate surface area is 172 Å². The molecule has 0 amide bonds. The first-order chi connectivity index (χ1) is 12.2. The predicted molar refractivity (Wildman–Crippen MR) is 98.8 cm³/mol. The van der Waals surface area contributed by atoms with E-state index in [9.17, 15) is 27.2 Å². The van der Waals surface area contributed by atoms with Gasteiger partial charge in [0.25, 0.3) is 8.68 Å². The topological polar surface area (TPSA) is 56.0 Å². The van der Waals surface area contributed by atoms with Gasteiger partial charge in [0.05, 0.1) is 16.4 Å². The number of alkyl halides is 6. The van der Waals surface area contributed by atoms with E-state index in [1.54, 1.807) is 0 Å². The largest absolute Gasteiger partial charge is 0.431 e. The Kier molecular flexibility index (Phi) is 6.38. The van der Waals surface area contributed by atoms with Crippen molar-refractivity contribution in [2.75, 3.05) is 4.72 Å². The van der Waals surface area contributed by atoms with Crippen molar-refractivity contribution in [2.45, 2.75) is 9.30 Å². The second-order valence-electron chi connectivity index (χ2n) is 4.98. The van der Waals surface area contributed by atoms with Crippen LogP contribution >= 0.6 is 58.4 Å². The fourth-order valence-electron chi connectivity index (χ4n) is 2.02. The van der Waals surface area contributed by atoms with Crippen LogP contribution in [-0.2, 0) is 13.2 Å². The molecule has 2 aromatic rings. The number of anilines is 1. The van der Waals surface area contributed by atoms with Gasteiger partial charge in [0.1, 0.15) is 11.5 Å². The minimum Gasteiger partial charge on any atom is -0.325 e. The third kappa shape index (κ3) is 5.05. The molecule has 0 unspecified atom stereocenters. The van der Waals surface area contributed by atoms with E-state index in [-0.39, 0.29) is 25.9 Å². The van der Waals surface area contributed by atoms with Gasteiger partial charge in [0, 0.05) is 25.1 Å². The third-order valence-corrected chi connectivity index (χ3v) is 4.73. The number of hydrogen-bond acceptors (Lipinski definition) is 4. The minimum absolute atomic E-state index is 0.0433. The van der Waals surface area contributed by atoms with Crippen LogP contribution in [0.15, 0.2) is 27.8 Å². The highest BCUT2D eigenvalue weighted by molar-refractivity contribution is 8.05. The summed E-state index contributed by atoms with van der Waals surface area (Å²) in [6.45, 7) is 0. The molecule has 0 spiro atoms. The highest BCUT2D eigenvalue weighted by Gasteiger charge is 2.35. The van der Waals surface area contributed by atoms with Gasteiger partial charge in [-0.25, -0.2) is 13.8 Å². The molecule has 0 atom stereocenters. The first kappa shape index (κ1) is 22.2. The van der Waals surface area contributed by atoms with Crippen LogP contribution in [0, 0.1) is 5.82 Å². The van der Waals surface area contributed by atoms with Crippen LogP contribution in [0.5, 0.6) is 0 Å². The number of aromatic nitrogens is 2. The molecule has 0 fully saturated rings. The highest BCUT2D eigenvalue weighted by Crippen LogP contribution is 2.40.